The summed E-state index contributed by atoms with van der Waals surface area (Å²) in [6.07, 6.45) is 0.768. The van der Waals surface area contributed by atoms with Gasteiger partial charge < -0.3 is 0 Å². The number of hydrogen-bond acceptors (Lipinski definition) is 3. The highest BCUT2D eigenvalue weighted by Crippen LogP contribution is 2.19. The molecule has 5 heteroatoms. The predicted octanol–water partition coefficient (Wildman–Crippen LogP) is 4.17. The summed E-state index contributed by atoms with van der Waals surface area (Å²) in [4.78, 5) is 4.77. The van der Waals surface area contributed by atoms with Crippen LogP contribution in [-0.4, -0.2) is 25.0 Å². The number of aromatic nitrogens is 5. The van der Waals surface area contributed by atoms with Crippen LogP contribution in [0, 0.1) is 20.8 Å². The Morgan fingerprint density at radius 3 is 2.50 bits per heavy atom. The highest BCUT2D eigenvalue weighted by molar-refractivity contribution is 5.54. The first-order valence-electron chi connectivity index (χ1n) is 8.69. The smallest absolute Gasteiger partial charge is 0.111 e. The third kappa shape index (κ3) is 3.28. The first-order chi connectivity index (χ1) is 12.6. The fourth-order valence-electron chi connectivity index (χ4n) is 3.17. The molecule has 0 saturated heterocycles. The van der Waals surface area contributed by atoms with Crippen molar-refractivity contribution in [3.05, 3.63) is 82.9 Å². The van der Waals surface area contributed by atoms with E-state index in [9.17, 15) is 0 Å². The second-order valence-corrected chi connectivity index (χ2v) is 6.64. The Labute approximate surface area is 152 Å². The van der Waals surface area contributed by atoms with Gasteiger partial charge in [-0.05, 0) is 62.7 Å². The second-order valence-electron chi connectivity index (χ2n) is 6.64. The minimum Gasteiger partial charge on any atom is -0.282 e. The lowest BCUT2D eigenvalue weighted by Gasteiger charge is -2.08. The molecule has 1 aromatic carbocycles. The number of H-pyrrole nitrogens is 1. The minimum absolute atomic E-state index is 0.768. The molecule has 3 aromatic heterocycles. The van der Waals surface area contributed by atoms with Crippen molar-refractivity contribution in [2.24, 2.45) is 0 Å². The van der Waals surface area contributed by atoms with E-state index in [1.807, 2.05) is 36.7 Å². The topological polar surface area (TPSA) is 59.4 Å². The Hall–Kier alpha value is -3.21. The van der Waals surface area contributed by atoms with Gasteiger partial charge in [-0.3, -0.25) is 10.1 Å². The van der Waals surface area contributed by atoms with E-state index in [1.165, 1.54) is 5.56 Å². The van der Waals surface area contributed by atoms with E-state index in [-0.39, 0.29) is 0 Å². The zero-order chi connectivity index (χ0) is 18.1. The molecule has 26 heavy (non-hydrogen) atoms. The van der Waals surface area contributed by atoms with Gasteiger partial charge in [0.15, 0.2) is 0 Å². The van der Waals surface area contributed by atoms with Crippen LogP contribution in [0.15, 0.2) is 54.6 Å². The van der Waals surface area contributed by atoms with E-state index in [0.29, 0.717) is 0 Å². The lowest BCUT2D eigenvalue weighted by Crippen LogP contribution is -2.01. The van der Waals surface area contributed by atoms with E-state index in [2.05, 4.69) is 58.6 Å². The molecular weight excluding hydrogens is 322 g/mol. The van der Waals surface area contributed by atoms with Crippen LogP contribution in [0.3, 0.4) is 0 Å². The van der Waals surface area contributed by atoms with Crippen molar-refractivity contribution in [3.8, 4) is 17.1 Å². The van der Waals surface area contributed by atoms with E-state index < -0.39 is 0 Å². The summed E-state index contributed by atoms with van der Waals surface area (Å²) < 4.78 is 1.98. The Balaban J connectivity index is 1.62. The Morgan fingerprint density at radius 1 is 0.923 bits per heavy atom. The summed E-state index contributed by atoms with van der Waals surface area (Å²) in [5, 5.41) is 11.8. The van der Waals surface area contributed by atoms with Crippen molar-refractivity contribution < 1.29 is 0 Å². The van der Waals surface area contributed by atoms with Crippen LogP contribution < -0.4 is 0 Å². The molecule has 0 atom stereocenters. The first-order valence-corrected chi connectivity index (χ1v) is 8.69. The number of hydrogen-bond donors (Lipinski definition) is 1. The average Bonchev–Trinajstić information content (AvgIpc) is 3.20. The molecule has 3 heterocycles. The maximum absolute atomic E-state index is 4.77. The predicted molar refractivity (Wildman–Crippen MR) is 102 cm³/mol. The van der Waals surface area contributed by atoms with Crippen LogP contribution in [0.25, 0.3) is 17.1 Å². The number of benzene rings is 1. The van der Waals surface area contributed by atoms with Gasteiger partial charge in [0.1, 0.15) is 5.69 Å². The Bertz CT molecular complexity index is 1060. The normalized spacial score (nSPS) is 11.0. The molecule has 0 fully saturated rings. The molecular formula is C21H21N5. The van der Waals surface area contributed by atoms with Crippen LogP contribution in [0.2, 0.25) is 0 Å². The van der Waals surface area contributed by atoms with Crippen molar-refractivity contribution in [2.75, 3.05) is 0 Å². The maximum atomic E-state index is 4.77. The van der Waals surface area contributed by atoms with Crippen LogP contribution >= 0.6 is 0 Å². The van der Waals surface area contributed by atoms with Crippen LogP contribution in [0.4, 0.5) is 0 Å². The Morgan fingerprint density at radius 2 is 1.77 bits per heavy atom. The number of aryl methyl sites for hydroxylation is 3. The van der Waals surface area contributed by atoms with Gasteiger partial charge in [-0.15, -0.1) is 0 Å². The molecule has 1 N–H and O–H groups in total. The minimum atomic E-state index is 0.768. The monoisotopic (exact) mass is 343 g/mol. The molecule has 0 bridgehead atoms. The zero-order valence-corrected chi connectivity index (χ0v) is 15.2. The number of nitrogens with zero attached hydrogens (tertiary/aromatic N) is 4. The summed E-state index contributed by atoms with van der Waals surface area (Å²) in [5.41, 5.74) is 8.26. The van der Waals surface area contributed by atoms with Crippen molar-refractivity contribution in [1.82, 2.24) is 25.0 Å². The lowest BCUT2D eigenvalue weighted by atomic mass is 10.1. The van der Waals surface area contributed by atoms with Crippen molar-refractivity contribution in [2.45, 2.75) is 27.2 Å². The summed E-state index contributed by atoms with van der Waals surface area (Å²) in [5.74, 6) is 0. The van der Waals surface area contributed by atoms with E-state index in [4.69, 9.17) is 4.98 Å². The molecule has 0 amide bonds. The van der Waals surface area contributed by atoms with Crippen molar-refractivity contribution in [3.63, 3.8) is 0 Å². The molecule has 0 aliphatic carbocycles. The number of rotatable bonds is 4. The summed E-state index contributed by atoms with van der Waals surface area (Å²) in [6.45, 7) is 6.08. The van der Waals surface area contributed by atoms with Crippen molar-refractivity contribution in [1.29, 1.82) is 0 Å². The van der Waals surface area contributed by atoms with Gasteiger partial charge in [0.05, 0.1) is 17.1 Å². The first kappa shape index (κ1) is 16.3. The average molecular weight is 343 g/mol. The van der Waals surface area contributed by atoms with E-state index in [1.54, 1.807) is 0 Å². The van der Waals surface area contributed by atoms with Crippen LogP contribution in [0.5, 0.6) is 0 Å². The van der Waals surface area contributed by atoms with E-state index in [0.717, 1.165) is 46.3 Å². The van der Waals surface area contributed by atoms with Gasteiger partial charge in [-0.1, -0.05) is 18.2 Å². The van der Waals surface area contributed by atoms with Gasteiger partial charge >= 0.3 is 0 Å². The van der Waals surface area contributed by atoms with Gasteiger partial charge in [-0.25, -0.2) is 4.68 Å². The lowest BCUT2D eigenvalue weighted by molar-refractivity contribution is 0.831. The van der Waals surface area contributed by atoms with Gasteiger partial charge in [0.25, 0.3) is 0 Å². The van der Waals surface area contributed by atoms with Crippen LogP contribution in [-0.2, 0) is 6.42 Å². The third-order valence-corrected chi connectivity index (χ3v) is 4.33. The standard InChI is InChI=1S/C21H21N5/c1-14-11-21(24-23-14)20-9-5-7-18(22-20)12-17-6-4-8-19(13-17)26-16(3)10-15(2)25-26/h4-11,13H,12H2,1-3H3,(H,23,24). The fraction of sp³-hybridized carbons (Fsp3) is 0.190. The largest absolute Gasteiger partial charge is 0.282 e. The third-order valence-electron chi connectivity index (χ3n) is 4.33. The summed E-state index contributed by atoms with van der Waals surface area (Å²) in [6, 6.07) is 18.6. The number of pyridine rings is 1. The highest BCUT2D eigenvalue weighted by atomic mass is 15.3. The second kappa shape index (κ2) is 6.59. The maximum Gasteiger partial charge on any atom is 0.111 e. The summed E-state index contributed by atoms with van der Waals surface area (Å²) >= 11 is 0. The fourth-order valence-corrected chi connectivity index (χ4v) is 3.17. The highest BCUT2D eigenvalue weighted by Gasteiger charge is 2.07. The molecule has 130 valence electrons. The SMILES string of the molecule is Cc1cc(C)n(-c2cccc(Cc3cccc(-c4cc(C)[nH]n4)n3)c2)n1. The number of nitrogens with one attached hydrogen (secondary N) is 1. The van der Waals surface area contributed by atoms with Gasteiger partial charge in [0, 0.05) is 23.5 Å². The molecule has 0 aliphatic heterocycles. The van der Waals surface area contributed by atoms with E-state index >= 15 is 0 Å². The molecule has 5 nitrogen and oxygen atoms in total. The molecule has 4 aromatic rings. The molecule has 0 unspecified atom stereocenters. The van der Waals surface area contributed by atoms with Crippen LogP contribution in [0.1, 0.15) is 28.3 Å². The zero-order valence-electron chi connectivity index (χ0n) is 15.2. The van der Waals surface area contributed by atoms with Crippen molar-refractivity contribution >= 4 is 0 Å². The molecule has 0 radical (unpaired) electrons. The summed E-state index contributed by atoms with van der Waals surface area (Å²) in [7, 11) is 0. The van der Waals surface area contributed by atoms with Gasteiger partial charge in [-0.2, -0.15) is 10.2 Å². The molecule has 0 spiro atoms. The molecule has 0 saturated carbocycles. The van der Waals surface area contributed by atoms with Gasteiger partial charge in [0.2, 0.25) is 0 Å². The Kier molecular flexibility index (Phi) is 4.13. The quantitative estimate of drug-likeness (QED) is 0.605. The molecule has 4 rings (SSSR count). The molecule has 0 aliphatic rings. The number of aromatic amines is 1.